The van der Waals surface area contributed by atoms with Gasteiger partial charge in [-0.2, -0.15) is 0 Å². The highest BCUT2D eigenvalue weighted by Gasteiger charge is 2.35. The average Bonchev–Trinajstić information content (AvgIpc) is 2.65. The molecular weight excluding hydrogens is 322 g/mol. The number of aryl methyl sites for hydroxylation is 1. The molecule has 0 spiro atoms. The van der Waals surface area contributed by atoms with Gasteiger partial charge >= 0.3 is 5.97 Å². The van der Waals surface area contributed by atoms with Crippen LogP contribution >= 0.6 is 0 Å². The molecule has 0 aromatic heterocycles. The van der Waals surface area contributed by atoms with Gasteiger partial charge in [-0.15, -0.1) is 0 Å². The number of hydrogen-bond donors (Lipinski definition) is 0. The van der Waals surface area contributed by atoms with Crippen LogP contribution in [0.1, 0.15) is 15.9 Å². The molecular formula is C19H19NO5. The molecule has 1 aliphatic rings. The molecule has 2 aromatic carbocycles. The third-order valence-electron chi connectivity index (χ3n) is 4.07. The van der Waals surface area contributed by atoms with Crippen molar-refractivity contribution >= 4 is 17.6 Å². The maximum absolute atomic E-state index is 13.2. The van der Waals surface area contributed by atoms with Gasteiger partial charge in [0.25, 0.3) is 5.91 Å². The van der Waals surface area contributed by atoms with E-state index in [1.54, 1.807) is 30.3 Å². The van der Waals surface area contributed by atoms with Crippen molar-refractivity contribution in [2.75, 3.05) is 25.7 Å². The summed E-state index contributed by atoms with van der Waals surface area (Å²) in [6, 6.07) is 12.5. The van der Waals surface area contributed by atoms with E-state index >= 15 is 0 Å². The fourth-order valence-electron chi connectivity index (χ4n) is 2.82. The summed E-state index contributed by atoms with van der Waals surface area (Å²) in [5, 5.41) is 0. The van der Waals surface area contributed by atoms with Gasteiger partial charge in [0.15, 0.2) is 0 Å². The topological polar surface area (TPSA) is 65.1 Å². The zero-order chi connectivity index (χ0) is 18.0. The van der Waals surface area contributed by atoms with Gasteiger partial charge in [-0.1, -0.05) is 23.8 Å². The minimum atomic E-state index is -0.875. The van der Waals surface area contributed by atoms with E-state index in [1.807, 2.05) is 19.1 Å². The lowest BCUT2D eigenvalue weighted by molar-refractivity contribution is -0.148. The van der Waals surface area contributed by atoms with Gasteiger partial charge in [0.05, 0.1) is 32.0 Å². The van der Waals surface area contributed by atoms with Crippen LogP contribution < -0.4 is 14.4 Å². The number of ether oxygens (including phenoxy) is 3. The smallest absolute Gasteiger partial charge is 0.348 e. The number of esters is 1. The Morgan fingerprint density at radius 1 is 1.16 bits per heavy atom. The summed E-state index contributed by atoms with van der Waals surface area (Å²) in [4.78, 5) is 26.7. The van der Waals surface area contributed by atoms with Crippen LogP contribution in [0.2, 0.25) is 0 Å². The molecule has 6 heteroatoms. The molecule has 1 atom stereocenters. The predicted molar refractivity (Wildman–Crippen MR) is 92.3 cm³/mol. The van der Waals surface area contributed by atoms with Crippen molar-refractivity contribution in [3.8, 4) is 11.5 Å². The van der Waals surface area contributed by atoms with Crippen LogP contribution in [0.4, 0.5) is 5.69 Å². The number of anilines is 1. The van der Waals surface area contributed by atoms with Crippen LogP contribution in [-0.2, 0) is 9.53 Å². The van der Waals surface area contributed by atoms with Crippen LogP contribution in [0.5, 0.6) is 11.5 Å². The fourth-order valence-corrected chi connectivity index (χ4v) is 2.82. The normalized spacial score (nSPS) is 15.8. The van der Waals surface area contributed by atoms with Crippen molar-refractivity contribution in [2.24, 2.45) is 0 Å². The molecule has 2 aromatic rings. The van der Waals surface area contributed by atoms with E-state index in [4.69, 9.17) is 14.2 Å². The van der Waals surface area contributed by atoms with E-state index in [0.717, 1.165) is 5.56 Å². The zero-order valence-electron chi connectivity index (χ0n) is 14.3. The molecule has 0 saturated carbocycles. The van der Waals surface area contributed by atoms with Crippen molar-refractivity contribution in [1.29, 1.82) is 0 Å². The molecule has 0 fully saturated rings. The number of benzene rings is 2. The Morgan fingerprint density at radius 2 is 1.92 bits per heavy atom. The van der Waals surface area contributed by atoms with E-state index < -0.39 is 12.1 Å². The minimum absolute atomic E-state index is 0.0691. The van der Waals surface area contributed by atoms with Gasteiger partial charge in [0.1, 0.15) is 11.5 Å². The molecule has 0 aliphatic carbocycles. The zero-order valence-corrected chi connectivity index (χ0v) is 14.3. The van der Waals surface area contributed by atoms with Crippen molar-refractivity contribution in [3.63, 3.8) is 0 Å². The Bertz CT molecular complexity index is 817. The summed E-state index contributed by atoms with van der Waals surface area (Å²) in [5.41, 5.74) is 1.98. The third kappa shape index (κ3) is 3.15. The molecule has 1 aliphatic heterocycles. The molecule has 0 bridgehead atoms. The second-order valence-corrected chi connectivity index (χ2v) is 5.72. The lowest BCUT2D eigenvalue weighted by Crippen LogP contribution is -2.47. The second-order valence-electron chi connectivity index (χ2n) is 5.72. The summed E-state index contributed by atoms with van der Waals surface area (Å²) in [6.45, 7) is 1.97. The summed E-state index contributed by atoms with van der Waals surface area (Å²) in [7, 11) is 2.81. The molecule has 3 rings (SSSR count). The van der Waals surface area contributed by atoms with Crippen molar-refractivity contribution in [1.82, 2.24) is 0 Å². The largest absolute Gasteiger partial charge is 0.496 e. The number of fused-ring (bicyclic) bond motifs is 1. The van der Waals surface area contributed by atoms with Gasteiger partial charge < -0.3 is 19.1 Å². The Balaban J connectivity index is 2.04. The predicted octanol–water partition coefficient (Wildman–Crippen LogP) is 2.58. The molecule has 0 N–H and O–H groups in total. The minimum Gasteiger partial charge on any atom is -0.496 e. The van der Waals surface area contributed by atoms with Gasteiger partial charge in [-0.3, -0.25) is 4.79 Å². The first-order chi connectivity index (χ1) is 12.0. The molecule has 0 unspecified atom stereocenters. The highest BCUT2D eigenvalue weighted by Crippen LogP contribution is 2.35. The number of rotatable bonds is 3. The molecule has 6 nitrogen and oxygen atoms in total. The first kappa shape index (κ1) is 16.8. The Labute approximate surface area is 145 Å². The van der Waals surface area contributed by atoms with Crippen molar-refractivity contribution in [2.45, 2.75) is 13.0 Å². The number of nitrogens with zero attached hydrogens (tertiary/aromatic N) is 1. The van der Waals surface area contributed by atoms with Crippen LogP contribution in [-0.4, -0.2) is 38.7 Å². The molecule has 130 valence electrons. The standard InChI is InChI=1S/C19H19NO5/c1-12-8-9-15(23-2)13(10-12)18(21)20-11-17(19(22)24-3)25-16-7-5-4-6-14(16)20/h4-10,17H,11H2,1-3H3/t17-/m1/s1. The highest BCUT2D eigenvalue weighted by molar-refractivity contribution is 6.09. The van der Waals surface area contributed by atoms with Crippen molar-refractivity contribution in [3.05, 3.63) is 53.6 Å². The van der Waals surface area contributed by atoms with Gasteiger partial charge in [0.2, 0.25) is 6.10 Å². The van der Waals surface area contributed by atoms with Crippen molar-refractivity contribution < 1.29 is 23.8 Å². The summed E-state index contributed by atoms with van der Waals surface area (Å²) >= 11 is 0. The number of para-hydroxylation sites is 2. The average molecular weight is 341 g/mol. The fraction of sp³-hybridized carbons (Fsp3) is 0.263. The second kappa shape index (κ2) is 6.84. The van der Waals surface area contributed by atoms with E-state index in [0.29, 0.717) is 22.7 Å². The molecule has 0 radical (unpaired) electrons. The maximum atomic E-state index is 13.2. The summed E-state index contributed by atoms with van der Waals surface area (Å²) in [5.74, 6) is 0.159. The SMILES string of the molecule is COC(=O)[C@H]1CN(C(=O)c2cc(C)ccc2OC)c2ccccc2O1. The first-order valence-electron chi connectivity index (χ1n) is 7.85. The lowest BCUT2D eigenvalue weighted by Gasteiger charge is -2.33. The van der Waals surface area contributed by atoms with Crippen LogP contribution in [0.15, 0.2) is 42.5 Å². The van der Waals surface area contributed by atoms with E-state index in [9.17, 15) is 9.59 Å². The third-order valence-corrected chi connectivity index (χ3v) is 4.07. The monoisotopic (exact) mass is 341 g/mol. The van der Waals surface area contributed by atoms with Crippen LogP contribution in [0.25, 0.3) is 0 Å². The summed E-state index contributed by atoms with van der Waals surface area (Å²) in [6.07, 6.45) is -0.875. The number of carbonyl (C=O) groups is 2. The summed E-state index contributed by atoms with van der Waals surface area (Å²) < 4.78 is 15.8. The quantitative estimate of drug-likeness (QED) is 0.803. The number of hydrogen-bond acceptors (Lipinski definition) is 5. The Morgan fingerprint density at radius 3 is 2.64 bits per heavy atom. The number of carbonyl (C=O) groups excluding carboxylic acids is 2. The molecule has 0 saturated heterocycles. The van der Waals surface area contributed by atoms with E-state index in [-0.39, 0.29) is 12.5 Å². The van der Waals surface area contributed by atoms with E-state index in [2.05, 4.69) is 0 Å². The van der Waals surface area contributed by atoms with E-state index in [1.165, 1.54) is 19.1 Å². The maximum Gasteiger partial charge on any atom is 0.348 e. The highest BCUT2D eigenvalue weighted by atomic mass is 16.6. The molecule has 1 heterocycles. The molecule has 1 amide bonds. The van der Waals surface area contributed by atoms with Gasteiger partial charge in [0, 0.05) is 0 Å². The van der Waals surface area contributed by atoms with Crippen LogP contribution in [0, 0.1) is 6.92 Å². The number of methoxy groups -OCH3 is 2. The molecule has 25 heavy (non-hydrogen) atoms. The number of amides is 1. The van der Waals surface area contributed by atoms with Crippen LogP contribution in [0.3, 0.4) is 0 Å². The van der Waals surface area contributed by atoms with Gasteiger partial charge in [-0.25, -0.2) is 4.79 Å². The Hall–Kier alpha value is -3.02. The van der Waals surface area contributed by atoms with Gasteiger partial charge in [-0.05, 0) is 31.2 Å². The first-order valence-corrected chi connectivity index (χ1v) is 7.85. The lowest BCUT2D eigenvalue weighted by atomic mass is 10.1. The Kier molecular flexibility index (Phi) is 4.61.